The smallest absolute Gasteiger partial charge is 0.248 e. The number of anilines is 2. The van der Waals surface area contributed by atoms with Gasteiger partial charge in [0.2, 0.25) is 5.92 Å². The maximum atomic E-state index is 13.6. The normalized spacial score (nSPS) is 19.8. The van der Waals surface area contributed by atoms with Crippen molar-refractivity contribution < 1.29 is 13.5 Å². The first-order valence-corrected chi connectivity index (χ1v) is 10.2. The van der Waals surface area contributed by atoms with Crippen LogP contribution in [0.1, 0.15) is 37.1 Å². The van der Waals surface area contributed by atoms with E-state index in [0.29, 0.717) is 32.1 Å². The molecule has 0 radical (unpaired) electrons. The highest BCUT2D eigenvalue weighted by Gasteiger charge is 2.36. The predicted molar refractivity (Wildman–Crippen MR) is 109 cm³/mol. The van der Waals surface area contributed by atoms with Gasteiger partial charge in [-0.2, -0.15) is 5.10 Å². The Labute approximate surface area is 170 Å². The van der Waals surface area contributed by atoms with E-state index in [9.17, 15) is 8.78 Å². The Morgan fingerprint density at radius 3 is 2.28 bits per heavy atom. The Morgan fingerprint density at radius 2 is 1.72 bits per heavy atom. The molecule has 1 saturated heterocycles. The van der Waals surface area contributed by atoms with E-state index in [2.05, 4.69) is 21.9 Å². The molecule has 2 aromatic rings. The lowest BCUT2D eigenvalue weighted by molar-refractivity contribution is -0.0378. The molecule has 0 amide bonds. The minimum absolute atomic E-state index is 0.0584. The summed E-state index contributed by atoms with van der Waals surface area (Å²) >= 11 is 0. The summed E-state index contributed by atoms with van der Waals surface area (Å²) in [5, 5.41) is 4.59. The summed E-state index contributed by atoms with van der Waals surface area (Å²) in [5.41, 5.74) is 2.96. The maximum absolute atomic E-state index is 13.6. The van der Waals surface area contributed by atoms with Crippen molar-refractivity contribution in [3.8, 4) is 5.82 Å². The van der Waals surface area contributed by atoms with Gasteiger partial charge in [-0.25, -0.2) is 18.4 Å². The van der Waals surface area contributed by atoms with Gasteiger partial charge in [-0.3, -0.25) is 0 Å². The van der Waals surface area contributed by atoms with Crippen LogP contribution < -0.4 is 9.80 Å². The monoisotopic (exact) mass is 405 g/mol. The van der Waals surface area contributed by atoms with Crippen LogP contribution >= 0.6 is 0 Å². The second kappa shape index (κ2) is 7.55. The third-order valence-electron chi connectivity index (χ3n) is 6.18. The fourth-order valence-electron chi connectivity index (χ4n) is 4.10. The number of halogens is 2. The molecule has 3 heterocycles. The van der Waals surface area contributed by atoms with Crippen LogP contribution in [0.5, 0.6) is 0 Å². The number of aromatic nitrogens is 3. The van der Waals surface area contributed by atoms with Crippen molar-refractivity contribution in [1.82, 2.24) is 14.8 Å². The van der Waals surface area contributed by atoms with E-state index < -0.39 is 5.92 Å². The van der Waals surface area contributed by atoms with E-state index in [4.69, 9.17) is 9.72 Å². The van der Waals surface area contributed by atoms with Gasteiger partial charge in [-0.1, -0.05) is 0 Å². The summed E-state index contributed by atoms with van der Waals surface area (Å²) in [6.07, 6.45) is 0.810. The van der Waals surface area contributed by atoms with E-state index >= 15 is 0 Å². The van der Waals surface area contributed by atoms with Gasteiger partial charge in [-0.15, -0.1) is 0 Å². The highest BCUT2D eigenvalue weighted by atomic mass is 19.3. The van der Waals surface area contributed by atoms with Crippen molar-refractivity contribution in [2.24, 2.45) is 0 Å². The van der Waals surface area contributed by atoms with Gasteiger partial charge < -0.3 is 14.5 Å². The molecule has 2 aromatic heterocycles. The average molecular weight is 405 g/mol. The van der Waals surface area contributed by atoms with Gasteiger partial charge in [0.1, 0.15) is 5.82 Å². The Kier molecular flexibility index (Phi) is 5.23. The molecule has 2 fully saturated rings. The summed E-state index contributed by atoms with van der Waals surface area (Å²) in [4.78, 5) is 9.11. The highest BCUT2D eigenvalue weighted by molar-refractivity contribution is 5.60. The summed E-state index contributed by atoms with van der Waals surface area (Å²) in [6, 6.07) is 6.48. The minimum Gasteiger partial charge on any atom is -0.377 e. The largest absolute Gasteiger partial charge is 0.377 e. The molecule has 0 unspecified atom stereocenters. The zero-order valence-corrected chi connectivity index (χ0v) is 17.5. The first-order chi connectivity index (χ1) is 13.7. The van der Waals surface area contributed by atoms with Crippen molar-refractivity contribution >= 4 is 11.5 Å². The van der Waals surface area contributed by atoms with Gasteiger partial charge in [-0.05, 0) is 32.8 Å². The zero-order valence-electron chi connectivity index (χ0n) is 17.5. The molecule has 0 N–H and O–H groups in total. The van der Waals surface area contributed by atoms with Crippen LogP contribution in [-0.4, -0.2) is 60.1 Å². The molecule has 4 rings (SSSR count). The third kappa shape index (κ3) is 4.08. The van der Waals surface area contributed by atoms with Crippen LogP contribution in [0, 0.1) is 13.8 Å². The first-order valence-electron chi connectivity index (χ1n) is 10.2. The summed E-state index contributed by atoms with van der Waals surface area (Å²) < 4.78 is 34.4. The molecular formula is C21H29F2N5O. The predicted octanol–water partition coefficient (Wildman–Crippen LogP) is 3.73. The molecular weight excluding hydrogens is 376 g/mol. The van der Waals surface area contributed by atoms with Crippen LogP contribution in [0.25, 0.3) is 5.82 Å². The van der Waals surface area contributed by atoms with Crippen LogP contribution in [0.3, 0.4) is 0 Å². The Bertz CT molecular complexity index is 870. The second-order valence-electron chi connectivity index (χ2n) is 8.38. The molecule has 29 heavy (non-hydrogen) atoms. The molecule has 0 bridgehead atoms. The summed E-state index contributed by atoms with van der Waals surface area (Å²) in [6.45, 7) is 5.37. The van der Waals surface area contributed by atoms with Crippen molar-refractivity contribution in [3.63, 3.8) is 0 Å². The summed E-state index contributed by atoms with van der Waals surface area (Å²) in [7, 11) is 4.01. The molecule has 1 saturated carbocycles. The molecule has 1 aliphatic carbocycles. The van der Waals surface area contributed by atoms with E-state index in [0.717, 1.165) is 28.7 Å². The minimum atomic E-state index is -2.54. The number of rotatable bonds is 5. The van der Waals surface area contributed by atoms with Crippen molar-refractivity contribution in [3.05, 3.63) is 29.6 Å². The standard InChI is InChI=1S/C21H29F2N5O/c1-14-9-15(2)28(25-14)20-11-17(26(3)18-12-29-13-18)10-19(24-20)27(4)16-5-7-21(22,23)8-6-16/h9-11,16,18H,5-8,12-13H2,1-4H3. The van der Waals surface area contributed by atoms with Crippen LogP contribution in [0.4, 0.5) is 20.3 Å². The Hall–Kier alpha value is -2.22. The Morgan fingerprint density at radius 1 is 1.03 bits per heavy atom. The molecule has 2 aliphatic rings. The summed E-state index contributed by atoms with van der Waals surface area (Å²) in [5.74, 6) is -1.01. The molecule has 0 spiro atoms. The first kappa shape index (κ1) is 20.1. The SMILES string of the molecule is Cc1cc(C)n(-c2cc(N(C)C3COC3)cc(N(C)C3CCC(F)(F)CC3)n2)n1. The van der Waals surface area contributed by atoms with Gasteiger partial charge in [0, 0.05) is 56.5 Å². The van der Waals surface area contributed by atoms with E-state index in [1.807, 2.05) is 43.8 Å². The molecule has 6 nitrogen and oxygen atoms in total. The van der Waals surface area contributed by atoms with Crippen molar-refractivity contribution in [2.45, 2.75) is 57.5 Å². The van der Waals surface area contributed by atoms with Crippen LogP contribution in [0.15, 0.2) is 18.2 Å². The zero-order chi connectivity index (χ0) is 20.8. The molecule has 158 valence electrons. The fourth-order valence-corrected chi connectivity index (χ4v) is 4.10. The van der Waals surface area contributed by atoms with Gasteiger partial charge in [0.15, 0.2) is 5.82 Å². The third-order valence-corrected chi connectivity index (χ3v) is 6.18. The number of aryl methyl sites for hydroxylation is 2. The Balaban J connectivity index is 1.68. The second-order valence-corrected chi connectivity index (χ2v) is 8.38. The number of hydrogen-bond donors (Lipinski definition) is 0. The topological polar surface area (TPSA) is 46.4 Å². The lowest BCUT2D eigenvalue weighted by atomic mass is 9.91. The number of nitrogens with zero attached hydrogens (tertiary/aromatic N) is 5. The van der Waals surface area contributed by atoms with E-state index in [1.165, 1.54) is 0 Å². The number of ether oxygens (including phenoxy) is 1. The van der Waals surface area contributed by atoms with Gasteiger partial charge in [0.05, 0.1) is 24.9 Å². The molecule has 8 heteroatoms. The number of alkyl halides is 2. The lowest BCUT2D eigenvalue weighted by Gasteiger charge is -2.38. The van der Waals surface area contributed by atoms with Crippen LogP contribution in [-0.2, 0) is 4.74 Å². The fraction of sp³-hybridized carbons (Fsp3) is 0.619. The van der Waals surface area contributed by atoms with E-state index in [-0.39, 0.29) is 18.9 Å². The highest BCUT2D eigenvalue weighted by Crippen LogP contribution is 2.36. The quantitative estimate of drug-likeness (QED) is 0.759. The number of pyridine rings is 1. The number of hydrogen-bond acceptors (Lipinski definition) is 5. The van der Waals surface area contributed by atoms with Crippen molar-refractivity contribution in [1.29, 1.82) is 0 Å². The lowest BCUT2D eigenvalue weighted by Crippen LogP contribution is -2.47. The maximum Gasteiger partial charge on any atom is 0.248 e. The van der Waals surface area contributed by atoms with Gasteiger partial charge in [0.25, 0.3) is 0 Å². The van der Waals surface area contributed by atoms with Gasteiger partial charge >= 0.3 is 0 Å². The molecule has 0 aromatic carbocycles. The van der Waals surface area contributed by atoms with Crippen molar-refractivity contribution in [2.75, 3.05) is 37.1 Å². The number of likely N-dealkylation sites (N-methyl/N-ethyl adjacent to an activating group) is 1. The van der Waals surface area contributed by atoms with Crippen LogP contribution in [0.2, 0.25) is 0 Å². The average Bonchev–Trinajstić information content (AvgIpc) is 2.97. The molecule has 1 aliphatic heterocycles. The van der Waals surface area contributed by atoms with E-state index in [1.54, 1.807) is 0 Å². The molecule has 0 atom stereocenters.